The number of likely N-dealkylation sites (tertiary alicyclic amines) is 1. The van der Waals surface area contributed by atoms with Gasteiger partial charge in [-0.05, 0) is 18.4 Å². The molecule has 1 aliphatic rings. The van der Waals surface area contributed by atoms with Crippen LogP contribution in [0.15, 0.2) is 42.7 Å². The van der Waals surface area contributed by atoms with Crippen molar-refractivity contribution in [3.05, 3.63) is 53.9 Å². The van der Waals surface area contributed by atoms with Crippen LogP contribution in [0.1, 0.15) is 35.7 Å². The Hall–Kier alpha value is -3.00. The minimum atomic E-state index is -0.663. The van der Waals surface area contributed by atoms with Gasteiger partial charge in [0.15, 0.2) is 0 Å². The minimum Gasteiger partial charge on any atom is -0.345 e. The lowest BCUT2D eigenvalue weighted by molar-refractivity contribution is -0.130. The second-order valence-corrected chi connectivity index (χ2v) is 6.32. The number of piperidine rings is 1. The highest BCUT2D eigenvalue weighted by Crippen LogP contribution is 2.35. The van der Waals surface area contributed by atoms with Crippen molar-refractivity contribution in [1.82, 2.24) is 20.3 Å². The molecule has 2 aromatic rings. The number of carbonyl (C=O) groups is 2. The van der Waals surface area contributed by atoms with Crippen LogP contribution < -0.4 is 10.8 Å². The van der Waals surface area contributed by atoms with Crippen molar-refractivity contribution in [2.24, 2.45) is 0 Å². The number of nitrogens with one attached hydrogen (secondary N) is 2. The van der Waals surface area contributed by atoms with Crippen LogP contribution in [0, 0.1) is 0 Å². The van der Waals surface area contributed by atoms with Crippen LogP contribution in [0.3, 0.4) is 0 Å². The van der Waals surface area contributed by atoms with E-state index in [9.17, 15) is 9.59 Å². The molecular formula is C18H21N5O3. The maximum Gasteiger partial charge on any atom is 0.277 e. The van der Waals surface area contributed by atoms with Crippen molar-refractivity contribution >= 4 is 17.8 Å². The molecule has 1 aliphatic heterocycles. The van der Waals surface area contributed by atoms with Crippen molar-refractivity contribution in [3.8, 4) is 0 Å². The van der Waals surface area contributed by atoms with Crippen LogP contribution in [0.2, 0.25) is 0 Å². The fraction of sp³-hybridized carbons (Fsp3) is 0.333. The van der Waals surface area contributed by atoms with Crippen LogP contribution in [-0.4, -0.2) is 45.0 Å². The van der Waals surface area contributed by atoms with Crippen LogP contribution in [0.4, 0.5) is 5.95 Å². The van der Waals surface area contributed by atoms with Gasteiger partial charge < -0.3 is 10.2 Å². The molecule has 8 heteroatoms. The molecule has 2 heterocycles. The van der Waals surface area contributed by atoms with Gasteiger partial charge in [-0.2, -0.15) is 0 Å². The first-order valence-electron chi connectivity index (χ1n) is 8.40. The number of rotatable bonds is 4. The smallest absolute Gasteiger partial charge is 0.277 e. The Bertz CT molecular complexity index is 771. The third-order valence-corrected chi connectivity index (χ3v) is 4.76. The van der Waals surface area contributed by atoms with E-state index in [4.69, 9.17) is 5.21 Å². The molecule has 136 valence electrons. The Kier molecular flexibility index (Phi) is 5.13. The Morgan fingerprint density at radius 3 is 2.27 bits per heavy atom. The Morgan fingerprint density at radius 1 is 1.12 bits per heavy atom. The molecular weight excluding hydrogens is 334 g/mol. The fourth-order valence-corrected chi connectivity index (χ4v) is 3.23. The van der Waals surface area contributed by atoms with Crippen molar-refractivity contribution in [3.63, 3.8) is 0 Å². The quantitative estimate of drug-likeness (QED) is 0.567. The van der Waals surface area contributed by atoms with E-state index < -0.39 is 11.4 Å². The van der Waals surface area contributed by atoms with Crippen LogP contribution in [0.25, 0.3) is 0 Å². The summed E-state index contributed by atoms with van der Waals surface area (Å²) in [5.41, 5.74) is 2.43. The highest BCUT2D eigenvalue weighted by Gasteiger charge is 2.37. The average molecular weight is 355 g/mol. The van der Waals surface area contributed by atoms with Crippen molar-refractivity contribution in [2.75, 3.05) is 18.4 Å². The fourth-order valence-electron chi connectivity index (χ4n) is 3.23. The van der Waals surface area contributed by atoms with E-state index >= 15 is 0 Å². The predicted molar refractivity (Wildman–Crippen MR) is 94.5 cm³/mol. The number of hydroxylamine groups is 1. The molecule has 8 nitrogen and oxygen atoms in total. The molecule has 1 saturated heterocycles. The van der Waals surface area contributed by atoms with Gasteiger partial charge in [0.05, 0.1) is 11.1 Å². The molecule has 3 N–H and O–H groups in total. The van der Waals surface area contributed by atoms with E-state index in [1.54, 1.807) is 12.4 Å². The van der Waals surface area contributed by atoms with Gasteiger partial charge in [0.2, 0.25) is 11.9 Å². The van der Waals surface area contributed by atoms with Crippen LogP contribution in [-0.2, 0) is 10.3 Å². The van der Waals surface area contributed by atoms with Crippen LogP contribution in [0.5, 0.6) is 0 Å². The molecule has 0 aliphatic carbocycles. The highest BCUT2D eigenvalue weighted by molar-refractivity contribution is 5.92. The molecule has 3 rings (SSSR count). The number of nitrogens with zero attached hydrogens (tertiary/aromatic N) is 3. The van der Waals surface area contributed by atoms with Gasteiger partial charge in [-0.1, -0.05) is 30.3 Å². The maximum atomic E-state index is 11.7. The van der Waals surface area contributed by atoms with Gasteiger partial charge in [-0.3, -0.25) is 14.8 Å². The second kappa shape index (κ2) is 7.49. The number of anilines is 1. The van der Waals surface area contributed by atoms with E-state index in [1.165, 1.54) is 12.4 Å². The van der Waals surface area contributed by atoms with Gasteiger partial charge in [-0.25, -0.2) is 15.4 Å². The lowest BCUT2D eigenvalue weighted by atomic mass is 9.81. The van der Waals surface area contributed by atoms with Gasteiger partial charge >= 0.3 is 0 Å². The molecule has 26 heavy (non-hydrogen) atoms. The summed E-state index contributed by atoms with van der Waals surface area (Å²) >= 11 is 0. The van der Waals surface area contributed by atoms with E-state index in [2.05, 4.69) is 15.3 Å². The average Bonchev–Trinajstić information content (AvgIpc) is 2.69. The van der Waals surface area contributed by atoms with Gasteiger partial charge in [-0.15, -0.1) is 0 Å². The van der Waals surface area contributed by atoms with E-state index in [-0.39, 0.29) is 11.5 Å². The van der Waals surface area contributed by atoms with Gasteiger partial charge in [0.1, 0.15) is 0 Å². The highest BCUT2D eigenvalue weighted by atomic mass is 16.5. The lowest BCUT2D eigenvalue weighted by Crippen LogP contribution is -2.48. The SMILES string of the molecule is CC(=O)N1CCC(Nc2ncc(C(=O)NO)cn2)(c2ccccc2)CC1. The Morgan fingerprint density at radius 2 is 1.73 bits per heavy atom. The number of benzene rings is 1. The molecule has 0 radical (unpaired) electrons. The topological polar surface area (TPSA) is 107 Å². The largest absolute Gasteiger partial charge is 0.345 e. The Labute approximate surface area is 151 Å². The molecule has 2 amide bonds. The summed E-state index contributed by atoms with van der Waals surface area (Å²) in [6.07, 6.45) is 4.15. The third-order valence-electron chi connectivity index (χ3n) is 4.76. The molecule has 1 aromatic carbocycles. The first-order chi connectivity index (χ1) is 12.5. The van der Waals surface area contributed by atoms with E-state index in [0.717, 1.165) is 18.4 Å². The van der Waals surface area contributed by atoms with E-state index in [1.807, 2.05) is 35.2 Å². The number of amides is 2. The zero-order valence-corrected chi connectivity index (χ0v) is 14.5. The van der Waals surface area contributed by atoms with Crippen molar-refractivity contribution < 1.29 is 14.8 Å². The molecule has 0 saturated carbocycles. The molecule has 1 fully saturated rings. The summed E-state index contributed by atoms with van der Waals surface area (Å²) in [6, 6.07) is 10.0. The molecule has 0 atom stereocenters. The first-order valence-corrected chi connectivity index (χ1v) is 8.40. The molecule has 0 bridgehead atoms. The summed E-state index contributed by atoms with van der Waals surface area (Å²) in [4.78, 5) is 33.3. The van der Waals surface area contributed by atoms with Crippen LogP contribution >= 0.6 is 0 Å². The van der Waals surface area contributed by atoms with E-state index in [0.29, 0.717) is 19.0 Å². The molecule has 0 spiro atoms. The summed E-state index contributed by atoms with van der Waals surface area (Å²) < 4.78 is 0. The second-order valence-electron chi connectivity index (χ2n) is 6.32. The predicted octanol–water partition coefficient (Wildman–Crippen LogP) is 1.55. The van der Waals surface area contributed by atoms with Gasteiger partial charge in [0, 0.05) is 32.4 Å². The minimum absolute atomic E-state index is 0.0716. The number of carbonyl (C=O) groups excluding carboxylic acids is 2. The van der Waals surface area contributed by atoms with Gasteiger partial charge in [0.25, 0.3) is 5.91 Å². The summed E-state index contributed by atoms with van der Waals surface area (Å²) in [5.74, 6) is -0.203. The number of hydrogen-bond donors (Lipinski definition) is 3. The maximum absolute atomic E-state index is 11.7. The standard InChI is InChI=1S/C18H21N5O3/c1-13(24)23-9-7-18(8-10-23,15-5-3-2-4-6-15)21-17-19-11-14(12-20-17)16(25)22-26/h2-6,11-12,26H,7-10H2,1H3,(H,22,25)(H,19,20,21). The first kappa shape index (κ1) is 17.8. The third kappa shape index (κ3) is 3.65. The summed E-state index contributed by atoms with van der Waals surface area (Å²) in [5, 5.41) is 12.1. The van der Waals surface area contributed by atoms with Crippen molar-refractivity contribution in [1.29, 1.82) is 0 Å². The Balaban J connectivity index is 1.85. The zero-order valence-electron chi connectivity index (χ0n) is 14.5. The molecule has 1 aromatic heterocycles. The number of hydrogen-bond acceptors (Lipinski definition) is 6. The number of aromatic nitrogens is 2. The zero-order chi connectivity index (χ0) is 18.6. The normalized spacial score (nSPS) is 16.0. The van der Waals surface area contributed by atoms with Crippen molar-refractivity contribution in [2.45, 2.75) is 25.3 Å². The lowest BCUT2D eigenvalue weighted by Gasteiger charge is -2.42. The summed E-state index contributed by atoms with van der Waals surface area (Å²) in [7, 11) is 0. The summed E-state index contributed by atoms with van der Waals surface area (Å²) in [6.45, 7) is 2.86. The molecule has 0 unspecified atom stereocenters. The monoisotopic (exact) mass is 355 g/mol.